The smallest absolute Gasteiger partial charge is 0.344 e. The molecule has 0 radical (unpaired) electrons. The lowest BCUT2D eigenvalue weighted by Crippen LogP contribution is -2.27. The summed E-state index contributed by atoms with van der Waals surface area (Å²) in [5.41, 5.74) is 1.12. The molecule has 6 nitrogen and oxygen atoms in total. The van der Waals surface area contributed by atoms with Gasteiger partial charge in [0.25, 0.3) is 11.1 Å². The summed E-state index contributed by atoms with van der Waals surface area (Å²) in [6, 6.07) is 9.91. The Morgan fingerprint density at radius 2 is 1.80 bits per heavy atom. The fourth-order valence-electron chi connectivity index (χ4n) is 2.57. The van der Waals surface area contributed by atoms with E-state index in [1.165, 1.54) is 0 Å². The van der Waals surface area contributed by atoms with Crippen molar-refractivity contribution in [2.24, 2.45) is 0 Å². The summed E-state index contributed by atoms with van der Waals surface area (Å²) in [5.74, 6) is -0.465. The average molecular weight is 576 g/mol. The predicted molar refractivity (Wildman–Crippen MR) is 124 cm³/mol. The zero-order chi connectivity index (χ0) is 21.8. The number of carbonyl (C=O) groups is 3. The molecular weight excluding hydrogens is 562 g/mol. The summed E-state index contributed by atoms with van der Waals surface area (Å²) >= 11 is 13.5. The Kier molecular flexibility index (Phi) is 7.62. The van der Waals surface area contributed by atoms with Crippen LogP contribution < -0.4 is 9.64 Å². The standard InChI is InChI=1S/C20H14Br2ClNO5S/c1-2-28-17(25)10-29-18-14(21)7-11(8-15(18)22)9-16-19(26)24(20(27)30-16)13-5-3-12(23)4-6-13/h3-9H,2,10H2,1H3/b16-9+. The lowest BCUT2D eigenvalue weighted by atomic mass is 10.2. The Bertz CT molecular complexity index is 1020. The van der Waals surface area contributed by atoms with E-state index < -0.39 is 11.9 Å². The predicted octanol–water partition coefficient (Wildman–Crippen LogP) is 6.05. The molecule has 2 aromatic rings. The number of anilines is 1. The average Bonchev–Trinajstić information content (AvgIpc) is 2.95. The quantitative estimate of drug-likeness (QED) is 0.309. The number of imide groups is 1. The Balaban J connectivity index is 1.81. The first-order valence-electron chi connectivity index (χ1n) is 8.61. The highest BCUT2D eigenvalue weighted by molar-refractivity contribution is 9.11. The maximum absolute atomic E-state index is 12.8. The van der Waals surface area contributed by atoms with Crippen molar-refractivity contribution in [3.8, 4) is 5.75 Å². The molecule has 3 rings (SSSR count). The molecule has 0 saturated carbocycles. The molecule has 0 bridgehead atoms. The minimum Gasteiger partial charge on any atom is -0.480 e. The van der Waals surface area contributed by atoms with Crippen LogP contribution in [0.1, 0.15) is 12.5 Å². The molecule has 0 atom stereocenters. The molecule has 1 heterocycles. The lowest BCUT2D eigenvalue weighted by Gasteiger charge is -2.12. The molecular formula is C20H14Br2ClNO5S. The molecule has 1 aliphatic heterocycles. The molecule has 30 heavy (non-hydrogen) atoms. The summed E-state index contributed by atoms with van der Waals surface area (Å²) in [7, 11) is 0. The van der Waals surface area contributed by atoms with Gasteiger partial charge in [0.1, 0.15) is 5.75 Å². The van der Waals surface area contributed by atoms with Crippen molar-refractivity contribution in [2.75, 3.05) is 18.1 Å². The first kappa shape index (κ1) is 22.9. The van der Waals surface area contributed by atoms with Crippen LogP contribution in [-0.4, -0.2) is 30.3 Å². The molecule has 0 spiro atoms. The molecule has 156 valence electrons. The number of halogens is 3. The van der Waals surface area contributed by atoms with E-state index in [1.54, 1.807) is 49.4 Å². The fourth-order valence-corrected chi connectivity index (χ4v) is 4.98. The van der Waals surface area contributed by atoms with Crippen LogP contribution in [0.5, 0.6) is 5.75 Å². The zero-order valence-electron chi connectivity index (χ0n) is 15.5. The summed E-state index contributed by atoms with van der Waals surface area (Å²) in [6.45, 7) is 1.76. The van der Waals surface area contributed by atoms with Gasteiger partial charge in [0.2, 0.25) is 0 Å². The second kappa shape index (κ2) is 10.00. The number of ether oxygens (including phenoxy) is 2. The van der Waals surface area contributed by atoms with Gasteiger partial charge in [-0.1, -0.05) is 11.6 Å². The Labute approximate surface area is 198 Å². The van der Waals surface area contributed by atoms with Crippen LogP contribution in [-0.2, 0) is 14.3 Å². The minimum atomic E-state index is -0.476. The lowest BCUT2D eigenvalue weighted by molar-refractivity contribution is -0.145. The van der Waals surface area contributed by atoms with Crippen LogP contribution in [0.25, 0.3) is 6.08 Å². The van der Waals surface area contributed by atoms with Crippen LogP contribution in [0.4, 0.5) is 10.5 Å². The van der Waals surface area contributed by atoms with Gasteiger partial charge in [-0.3, -0.25) is 9.59 Å². The molecule has 0 aromatic heterocycles. The monoisotopic (exact) mass is 573 g/mol. The number of esters is 1. The first-order chi connectivity index (χ1) is 14.3. The van der Waals surface area contributed by atoms with Crippen molar-refractivity contribution in [3.05, 3.63) is 60.8 Å². The Morgan fingerprint density at radius 3 is 2.40 bits per heavy atom. The van der Waals surface area contributed by atoms with Gasteiger partial charge in [0.15, 0.2) is 6.61 Å². The third-order valence-corrected chi connectivity index (χ3v) is 6.14. The molecule has 0 aliphatic carbocycles. The van der Waals surface area contributed by atoms with Gasteiger partial charge in [0, 0.05) is 5.02 Å². The second-order valence-corrected chi connectivity index (χ2v) is 9.04. The highest BCUT2D eigenvalue weighted by Crippen LogP contribution is 2.39. The van der Waals surface area contributed by atoms with Gasteiger partial charge >= 0.3 is 5.97 Å². The molecule has 1 fully saturated rings. The molecule has 0 unspecified atom stereocenters. The molecule has 1 saturated heterocycles. The summed E-state index contributed by atoms with van der Waals surface area (Å²) < 4.78 is 11.5. The van der Waals surface area contributed by atoms with Gasteiger partial charge in [-0.25, -0.2) is 9.69 Å². The van der Waals surface area contributed by atoms with Gasteiger partial charge in [-0.15, -0.1) is 0 Å². The van der Waals surface area contributed by atoms with Crippen molar-refractivity contribution < 1.29 is 23.9 Å². The van der Waals surface area contributed by atoms with E-state index in [4.69, 9.17) is 21.1 Å². The molecule has 2 aromatic carbocycles. The highest BCUT2D eigenvalue weighted by Gasteiger charge is 2.36. The number of nitrogens with zero attached hydrogens (tertiary/aromatic N) is 1. The SMILES string of the molecule is CCOC(=O)COc1c(Br)cc(/C=C2/SC(=O)N(c3ccc(Cl)cc3)C2=O)cc1Br. The number of hydrogen-bond acceptors (Lipinski definition) is 6. The van der Waals surface area contributed by atoms with Crippen LogP contribution in [0.3, 0.4) is 0 Å². The van der Waals surface area contributed by atoms with Crippen molar-refractivity contribution in [1.29, 1.82) is 0 Å². The van der Waals surface area contributed by atoms with Crippen molar-refractivity contribution in [3.63, 3.8) is 0 Å². The molecule has 1 aliphatic rings. The first-order valence-corrected chi connectivity index (χ1v) is 11.4. The number of hydrogen-bond donors (Lipinski definition) is 0. The van der Waals surface area contributed by atoms with Crippen molar-refractivity contribution in [2.45, 2.75) is 6.92 Å². The van der Waals surface area contributed by atoms with E-state index in [9.17, 15) is 14.4 Å². The topological polar surface area (TPSA) is 72.9 Å². The number of thioether (sulfide) groups is 1. The number of benzene rings is 2. The van der Waals surface area contributed by atoms with E-state index in [1.807, 2.05) is 0 Å². The zero-order valence-corrected chi connectivity index (χ0v) is 20.2. The normalized spacial score (nSPS) is 15.1. The van der Waals surface area contributed by atoms with Crippen LogP contribution in [0.15, 0.2) is 50.2 Å². The largest absolute Gasteiger partial charge is 0.480 e. The van der Waals surface area contributed by atoms with Crippen LogP contribution in [0, 0.1) is 0 Å². The van der Waals surface area contributed by atoms with E-state index in [0.29, 0.717) is 31.0 Å². The molecule has 0 N–H and O–H groups in total. The highest BCUT2D eigenvalue weighted by atomic mass is 79.9. The van der Waals surface area contributed by atoms with E-state index in [-0.39, 0.29) is 23.4 Å². The number of carbonyl (C=O) groups excluding carboxylic acids is 3. The van der Waals surface area contributed by atoms with Gasteiger partial charge in [-0.2, -0.15) is 0 Å². The Morgan fingerprint density at radius 1 is 1.17 bits per heavy atom. The maximum atomic E-state index is 12.8. The van der Waals surface area contributed by atoms with E-state index in [2.05, 4.69) is 31.9 Å². The fraction of sp³-hybridized carbons (Fsp3) is 0.150. The van der Waals surface area contributed by atoms with Gasteiger partial charge < -0.3 is 9.47 Å². The van der Waals surface area contributed by atoms with Crippen LogP contribution in [0.2, 0.25) is 5.02 Å². The third kappa shape index (κ3) is 5.26. The molecule has 10 heteroatoms. The third-order valence-electron chi connectivity index (χ3n) is 3.84. The summed E-state index contributed by atoms with van der Waals surface area (Å²) in [5, 5.41) is 0.127. The second-order valence-electron chi connectivity index (χ2n) is 5.90. The van der Waals surface area contributed by atoms with Crippen LogP contribution >= 0.6 is 55.2 Å². The number of amides is 2. The Hall–Kier alpha value is -1.81. The molecule has 2 amide bonds. The van der Waals surface area contributed by atoms with E-state index in [0.717, 1.165) is 16.7 Å². The maximum Gasteiger partial charge on any atom is 0.344 e. The summed E-state index contributed by atoms with van der Waals surface area (Å²) in [4.78, 5) is 38.0. The van der Waals surface area contributed by atoms with Crippen molar-refractivity contribution in [1.82, 2.24) is 0 Å². The van der Waals surface area contributed by atoms with Gasteiger partial charge in [0.05, 0.1) is 26.1 Å². The minimum absolute atomic E-state index is 0.232. The summed E-state index contributed by atoms with van der Waals surface area (Å²) in [6.07, 6.45) is 1.62. The van der Waals surface area contributed by atoms with Crippen molar-refractivity contribution >= 4 is 84.1 Å². The van der Waals surface area contributed by atoms with E-state index >= 15 is 0 Å². The number of rotatable bonds is 6. The van der Waals surface area contributed by atoms with Gasteiger partial charge in [-0.05, 0) is 98.6 Å².